The number of ether oxygens (including phenoxy) is 1. The van der Waals surface area contributed by atoms with Gasteiger partial charge in [-0.1, -0.05) is 18.0 Å². The third kappa shape index (κ3) is 6.73. The number of imidazole rings is 1. The summed E-state index contributed by atoms with van der Waals surface area (Å²) in [5.41, 5.74) is 2.40. The zero-order chi connectivity index (χ0) is 24.8. The Morgan fingerprint density at radius 3 is 2.71 bits per heavy atom. The molecule has 0 bridgehead atoms. The number of unbranched alkanes of at least 4 members (excludes halogenated alkanes) is 1. The predicted octanol–water partition coefficient (Wildman–Crippen LogP) is 5.67. The smallest absolute Gasteiger partial charge is 0.217 e. The number of fused-ring (bicyclic) bond motifs is 1. The van der Waals surface area contributed by atoms with Crippen LogP contribution < -0.4 is 10.1 Å². The monoisotopic (exact) mass is 500 g/mol. The number of benzene rings is 2. The molecule has 2 aromatic carbocycles. The van der Waals surface area contributed by atoms with E-state index in [0.717, 1.165) is 36.2 Å². The lowest BCUT2D eigenvalue weighted by atomic mass is 10.1. The van der Waals surface area contributed by atoms with Gasteiger partial charge in [0.25, 0.3) is 0 Å². The topological polar surface area (TPSA) is 59.4 Å². The molecule has 3 aromatic rings. The molecule has 6 nitrogen and oxygen atoms in total. The number of halogens is 2. The summed E-state index contributed by atoms with van der Waals surface area (Å²) in [5, 5.41) is 2.96. The molecule has 188 valence electrons. The predicted molar refractivity (Wildman–Crippen MR) is 138 cm³/mol. The molecular formula is C27H34ClFN4O2. The number of hydrogen-bond donors (Lipinski definition) is 1. The van der Waals surface area contributed by atoms with Gasteiger partial charge in [0.1, 0.15) is 17.4 Å². The number of amides is 1. The molecule has 1 aliphatic heterocycles. The largest absolute Gasteiger partial charge is 0.494 e. The fraction of sp³-hybridized carbons (Fsp3) is 0.481. The molecule has 1 saturated heterocycles. The zero-order valence-electron chi connectivity index (χ0n) is 20.5. The first kappa shape index (κ1) is 25.5. The van der Waals surface area contributed by atoms with Gasteiger partial charge in [-0.2, -0.15) is 0 Å². The number of aromatic nitrogens is 2. The summed E-state index contributed by atoms with van der Waals surface area (Å²) in [7, 11) is 0. The average Bonchev–Trinajstić information content (AvgIpc) is 3.18. The van der Waals surface area contributed by atoms with Gasteiger partial charge >= 0.3 is 0 Å². The van der Waals surface area contributed by atoms with Gasteiger partial charge in [-0.3, -0.25) is 4.79 Å². The molecule has 1 atom stereocenters. The summed E-state index contributed by atoms with van der Waals surface area (Å²) >= 11 is 6.05. The molecule has 4 rings (SSSR count). The molecule has 1 N–H and O–H groups in total. The summed E-state index contributed by atoms with van der Waals surface area (Å²) in [6.45, 7) is 8.21. The lowest BCUT2D eigenvalue weighted by Gasteiger charge is -2.26. The Labute approximate surface area is 211 Å². The van der Waals surface area contributed by atoms with Crippen molar-refractivity contribution < 1.29 is 13.9 Å². The van der Waals surface area contributed by atoms with Gasteiger partial charge in [-0.15, -0.1) is 0 Å². The highest BCUT2D eigenvalue weighted by molar-refractivity contribution is 6.31. The van der Waals surface area contributed by atoms with Crippen molar-refractivity contribution in [2.45, 2.75) is 58.5 Å². The van der Waals surface area contributed by atoms with Crippen molar-refractivity contribution in [2.75, 3.05) is 26.2 Å². The fourth-order valence-corrected chi connectivity index (χ4v) is 4.90. The maximum Gasteiger partial charge on any atom is 0.217 e. The van der Waals surface area contributed by atoms with Crippen LogP contribution in [0.25, 0.3) is 22.4 Å². The average molecular weight is 501 g/mol. The van der Waals surface area contributed by atoms with E-state index in [1.165, 1.54) is 45.3 Å². The van der Waals surface area contributed by atoms with Crippen LogP contribution in [0.15, 0.2) is 36.4 Å². The zero-order valence-corrected chi connectivity index (χ0v) is 21.3. The van der Waals surface area contributed by atoms with Gasteiger partial charge in [0.2, 0.25) is 5.91 Å². The van der Waals surface area contributed by atoms with Crippen molar-refractivity contribution in [2.24, 2.45) is 0 Å². The first-order chi connectivity index (χ1) is 16.9. The van der Waals surface area contributed by atoms with E-state index in [-0.39, 0.29) is 17.0 Å². The molecule has 0 saturated carbocycles. The summed E-state index contributed by atoms with van der Waals surface area (Å²) in [6, 6.07) is 10.4. The number of hydrogen-bond acceptors (Lipinski definition) is 4. The highest BCUT2D eigenvalue weighted by Crippen LogP contribution is 2.30. The number of rotatable bonds is 10. The minimum atomic E-state index is -0.472. The van der Waals surface area contributed by atoms with E-state index in [0.29, 0.717) is 24.5 Å². The quantitative estimate of drug-likeness (QED) is 0.365. The van der Waals surface area contributed by atoms with Gasteiger partial charge in [-0.05, 0) is 82.6 Å². The normalized spacial score (nSPS) is 15.3. The van der Waals surface area contributed by atoms with Crippen molar-refractivity contribution in [3.05, 3.63) is 47.2 Å². The van der Waals surface area contributed by atoms with E-state index >= 15 is 0 Å². The number of carbonyl (C=O) groups is 1. The molecule has 0 radical (unpaired) electrons. The van der Waals surface area contributed by atoms with Crippen molar-refractivity contribution in [1.82, 2.24) is 19.8 Å². The molecule has 2 heterocycles. The summed E-state index contributed by atoms with van der Waals surface area (Å²) < 4.78 is 21.8. The van der Waals surface area contributed by atoms with Crippen LogP contribution in [-0.2, 0) is 11.3 Å². The minimum Gasteiger partial charge on any atom is -0.494 e. The van der Waals surface area contributed by atoms with Gasteiger partial charge in [0.15, 0.2) is 0 Å². The van der Waals surface area contributed by atoms with E-state index in [1.807, 2.05) is 29.7 Å². The van der Waals surface area contributed by atoms with Gasteiger partial charge < -0.3 is 19.5 Å². The van der Waals surface area contributed by atoms with Gasteiger partial charge in [0.05, 0.1) is 22.7 Å². The number of likely N-dealkylation sites (tertiary alicyclic amines) is 1. The Balaban J connectivity index is 1.49. The summed E-state index contributed by atoms with van der Waals surface area (Å²) in [5.74, 6) is 0.876. The second-order valence-electron chi connectivity index (χ2n) is 9.38. The maximum absolute atomic E-state index is 13.8. The molecule has 35 heavy (non-hydrogen) atoms. The molecule has 1 unspecified atom stereocenters. The minimum absolute atomic E-state index is 0.0459. The highest BCUT2D eigenvalue weighted by atomic mass is 35.5. The second-order valence-corrected chi connectivity index (χ2v) is 9.79. The van der Waals surface area contributed by atoms with Crippen molar-refractivity contribution in [3.8, 4) is 17.1 Å². The first-order valence-corrected chi connectivity index (χ1v) is 12.9. The van der Waals surface area contributed by atoms with Crippen LogP contribution >= 0.6 is 11.6 Å². The van der Waals surface area contributed by atoms with Crippen LogP contribution in [0, 0.1) is 5.82 Å². The van der Waals surface area contributed by atoms with E-state index in [4.69, 9.17) is 21.3 Å². The van der Waals surface area contributed by atoms with Gasteiger partial charge in [-0.25, -0.2) is 9.37 Å². The maximum atomic E-state index is 13.8. The lowest BCUT2D eigenvalue weighted by Crippen LogP contribution is -2.34. The Hall–Kier alpha value is -2.64. The summed E-state index contributed by atoms with van der Waals surface area (Å²) in [4.78, 5) is 18.9. The van der Waals surface area contributed by atoms with E-state index in [1.54, 1.807) is 12.1 Å². The number of nitrogens with one attached hydrogen (secondary N) is 1. The van der Waals surface area contributed by atoms with Gasteiger partial charge in [0, 0.05) is 31.1 Å². The Bertz CT molecular complexity index is 1160. The van der Waals surface area contributed by atoms with Crippen LogP contribution in [0.5, 0.6) is 5.75 Å². The van der Waals surface area contributed by atoms with Crippen LogP contribution in [0.2, 0.25) is 5.02 Å². The third-order valence-electron chi connectivity index (χ3n) is 6.39. The molecular weight excluding hydrogens is 467 g/mol. The molecule has 0 aliphatic carbocycles. The number of piperidine rings is 1. The fourth-order valence-electron chi connectivity index (χ4n) is 4.72. The first-order valence-electron chi connectivity index (χ1n) is 12.5. The number of nitrogens with zero attached hydrogens (tertiary/aromatic N) is 3. The molecule has 0 spiro atoms. The standard InChI is InChI=1S/C27H34ClFN4O2/c1-19(30-20(2)34)18-33-26-11-9-22(35-15-7-6-14-32-12-4-3-5-13-32)17-25(26)31-27(33)21-8-10-24(29)23(28)16-21/h8-11,16-17,19H,3-7,12-15,18H2,1-2H3,(H,30,34). The van der Waals surface area contributed by atoms with Crippen LogP contribution in [0.4, 0.5) is 4.39 Å². The third-order valence-corrected chi connectivity index (χ3v) is 6.68. The van der Waals surface area contributed by atoms with Crippen molar-refractivity contribution in [3.63, 3.8) is 0 Å². The van der Waals surface area contributed by atoms with Crippen molar-refractivity contribution in [1.29, 1.82) is 0 Å². The van der Waals surface area contributed by atoms with Crippen LogP contribution in [0.3, 0.4) is 0 Å². The summed E-state index contributed by atoms with van der Waals surface area (Å²) in [6.07, 6.45) is 6.14. The Kier molecular flexibility index (Phi) is 8.63. The Morgan fingerprint density at radius 2 is 1.97 bits per heavy atom. The Morgan fingerprint density at radius 1 is 1.17 bits per heavy atom. The van der Waals surface area contributed by atoms with E-state index in [9.17, 15) is 9.18 Å². The SMILES string of the molecule is CC(=O)NC(C)Cn1c(-c2ccc(F)c(Cl)c2)nc2cc(OCCCCN3CCCCC3)ccc21. The highest BCUT2D eigenvalue weighted by Gasteiger charge is 2.17. The lowest BCUT2D eigenvalue weighted by molar-refractivity contribution is -0.119. The molecule has 1 aliphatic rings. The molecule has 1 amide bonds. The molecule has 1 fully saturated rings. The number of carbonyl (C=O) groups excluding carboxylic acids is 1. The second kappa shape index (κ2) is 11.9. The van der Waals surface area contributed by atoms with Crippen LogP contribution in [0.1, 0.15) is 46.0 Å². The molecule has 1 aromatic heterocycles. The van der Waals surface area contributed by atoms with Crippen molar-refractivity contribution >= 4 is 28.5 Å². The van der Waals surface area contributed by atoms with E-state index < -0.39 is 5.82 Å². The molecule has 8 heteroatoms. The van der Waals surface area contributed by atoms with Crippen LogP contribution in [-0.4, -0.2) is 52.6 Å². The van der Waals surface area contributed by atoms with E-state index in [2.05, 4.69) is 10.2 Å².